The van der Waals surface area contributed by atoms with Crippen molar-refractivity contribution in [2.45, 2.75) is 28.9 Å². The molecule has 1 saturated heterocycles. The van der Waals surface area contributed by atoms with Gasteiger partial charge in [0, 0.05) is 21.5 Å². The SMILES string of the molecule is COc1ccc(C2c3sc(=O)n(CC(=O)Nc4ccc(Cl)cc4)c3SC3C(=O)N(c4ccccc4C(F)(F)F)C(=O)C32)cc1OC. The van der Waals surface area contributed by atoms with E-state index in [0.29, 0.717) is 37.5 Å². The number of carbonyl (C=O) groups is 3. The number of rotatable bonds is 7. The molecule has 238 valence electrons. The molecule has 0 bridgehead atoms. The molecule has 3 heterocycles. The Kier molecular flexibility index (Phi) is 8.38. The van der Waals surface area contributed by atoms with Gasteiger partial charge in [-0.05, 0) is 54.1 Å². The fourth-order valence-electron chi connectivity index (χ4n) is 5.68. The Balaban J connectivity index is 1.46. The average molecular weight is 690 g/mol. The van der Waals surface area contributed by atoms with Crippen LogP contribution in [0.3, 0.4) is 0 Å². The Morgan fingerprint density at radius 1 is 0.957 bits per heavy atom. The van der Waals surface area contributed by atoms with Crippen molar-refractivity contribution in [1.29, 1.82) is 0 Å². The van der Waals surface area contributed by atoms with E-state index < -0.39 is 63.7 Å². The van der Waals surface area contributed by atoms with Crippen LogP contribution in [0.15, 0.2) is 76.6 Å². The number of methoxy groups -OCH3 is 2. The summed E-state index contributed by atoms with van der Waals surface area (Å²) in [6.07, 6.45) is -4.84. The molecule has 15 heteroatoms. The summed E-state index contributed by atoms with van der Waals surface area (Å²) in [5.74, 6) is -3.64. The summed E-state index contributed by atoms with van der Waals surface area (Å²) < 4.78 is 54.1. The third-order valence-corrected chi connectivity index (χ3v) is 10.6. The Morgan fingerprint density at radius 3 is 2.33 bits per heavy atom. The Bertz CT molecular complexity index is 1930. The second kappa shape index (κ2) is 12.2. The molecule has 1 fully saturated rings. The molecule has 1 aromatic heterocycles. The van der Waals surface area contributed by atoms with Crippen molar-refractivity contribution in [3.63, 3.8) is 0 Å². The van der Waals surface area contributed by atoms with Gasteiger partial charge < -0.3 is 14.8 Å². The predicted octanol–water partition coefficient (Wildman–Crippen LogP) is 6.03. The maximum atomic E-state index is 14.1. The van der Waals surface area contributed by atoms with E-state index in [0.717, 1.165) is 35.2 Å². The standard InChI is InChI=1S/C31H23ClF3N3O6S2/c1-43-20-12-7-15(13-21(20)44-2)23-24-25(28(41)38(27(24)40)19-6-4-3-5-18(19)31(33,34)35)45-29-26(23)46-30(42)37(29)14-22(39)36-17-10-8-16(32)9-11-17/h3-13,23-25H,14H2,1-2H3,(H,36,39). The number of imide groups is 1. The first-order valence-electron chi connectivity index (χ1n) is 13.6. The van der Waals surface area contributed by atoms with Gasteiger partial charge in [0.2, 0.25) is 17.7 Å². The van der Waals surface area contributed by atoms with E-state index in [9.17, 15) is 32.3 Å². The second-order valence-electron chi connectivity index (χ2n) is 10.4. The summed E-state index contributed by atoms with van der Waals surface area (Å²) in [5, 5.41) is 2.24. The van der Waals surface area contributed by atoms with Crippen molar-refractivity contribution in [2.75, 3.05) is 24.4 Å². The van der Waals surface area contributed by atoms with Crippen LogP contribution < -0.4 is 24.6 Å². The highest BCUT2D eigenvalue weighted by Crippen LogP contribution is 2.55. The topological polar surface area (TPSA) is 107 Å². The minimum absolute atomic E-state index is 0.273. The molecule has 3 atom stereocenters. The van der Waals surface area contributed by atoms with Crippen LogP contribution >= 0.6 is 34.7 Å². The fourth-order valence-corrected chi connectivity index (χ4v) is 8.58. The number of anilines is 2. The third-order valence-electron chi connectivity index (χ3n) is 7.70. The smallest absolute Gasteiger partial charge is 0.418 e. The first kappa shape index (κ1) is 31.7. The van der Waals surface area contributed by atoms with Gasteiger partial charge in [0.05, 0.1) is 36.4 Å². The highest BCUT2D eigenvalue weighted by Gasteiger charge is 2.58. The number of para-hydroxylation sites is 1. The predicted molar refractivity (Wildman–Crippen MR) is 167 cm³/mol. The summed E-state index contributed by atoms with van der Waals surface area (Å²) >= 11 is 7.62. The van der Waals surface area contributed by atoms with Crippen LogP contribution in [0.5, 0.6) is 11.5 Å². The van der Waals surface area contributed by atoms with Crippen molar-refractivity contribution >= 4 is 63.8 Å². The number of nitrogens with one attached hydrogen (secondary N) is 1. The summed E-state index contributed by atoms with van der Waals surface area (Å²) in [5.41, 5.74) is -0.791. The average Bonchev–Trinajstić information content (AvgIpc) is 3.47. The van der Waals surface area contributed by atoms with Crippen molar-refractivity contribution < 1.29 is 37.0 Å². The van der Waals surface area contributed by atoms with Crippen LogP contribution in [-0.2, 0) is 27.1 Å². The number of hydrogen-bond donors (Lipinski definition) is 1. The number of thioether (sulfide) groups is 1. The lowest BCUT2D eigenvalue weighted by Gasteiger charge is -2.31. The molecule has 3 aromatic carbocycles. The van der Waals surface area contributed by atoms with Gasteiger partial charge in [-0.2, -0.15) is 13.2 Å². The number of benzene rings is 3. The van der Waals surface area contributed by atoms with Crippen LogP contribution in [0.2, 0.25) is 5.02 Å². The number of alkyl halides is 3. The van der Waals surface area contributed by atoms with E-state index in [4.69, 9.17) is 21.1 Å². The van der Waals surface area contributed by atoms with Crippen molar-refractivity contribution in [3.05, 3.63) is 97.4 Å². The summed E-state index contributed by atoms with van der Waals surface area (Å²) in [6.45, 7) is -0.418. The lowest BCUT2D eigenvalue weighted by Crippen LogP contribution is -2.33. The molecule has 6 rings (SSSR count). The third kappa shape index (κ3) is 5.54. The number of thiazole rings is 1. The van der Waals surface area contributed by atoms with Crippen LogP contribution in [0.4, 0.5) is 24.5 Å². The fraction of sp³-hybridized carbons (Fsp3) is 0.226. The molecule has 3 amide bonds. The first-order valence-corrected chi connectivity index (χ1v) is 15.7. The number of carbonyl (C=O) groups excluding carboxylic acids is 3. The molecule has 4 aromatic rings. The Morgan fingerprint density at radius 2 is 1.65 bits per heavy atom. The van der Waals surface area contributed by atoms with Gasteiger partial charge in [-0.25, -0.2) is 4.90 Å². The van der Waals surface area contributed by atoms with Crippen molar-refractivity contribution in [3.8, 4) is 11.5 Å². The maximum Gasteiger partial charge on any atom is 0.418 e. The lowest BCUT2D eigenvalue weighted by molar-refractivity contribution is -0.137. The highest BCUT2D eigenvalue weighted by molar-refractivity contribution is 8.00. The zero-order chi connectivity index (χ0) is 32.9. The molecule has 0 radical (unpaired) electrons. The molecular formula is C31H23ClF3N3O6S2. The zero-order valence-electron chi connectivity index (χ0n) is 24.0. The Hall–Kier alpha value is -4.27. The largest absolute Gasteiger partial charge is 0.493 e. The summed E-state index contributed by atoms with van der Waals surface area (Å²) in [4.78, 5) is 55.0. The zero-order valence-corrected chi connectivity index (χ0v) is 26.4. The number of ether oxygens (including phenoxy) is 2. The van der Waals surface area contributed by atoms with E-state index in [1.807, 2.05) is 0 Å². The first-order chi connectivity index (χ1) is 21.9. The number of nitrogens with zero attached hydrogens (tertiary/aromatic N) is 2. The molecule has 0 spiro atoms. The van der Waals surface area contributed by atoms with Crippen LogP contribution in [0.1, 0.15) is 21.9 Å². The van der Waals surface area contributed by atoms with Crippen LogP contribution in [0.25, 0.3) is 0 Å². The van der Waals surface area contributed by atoms with E-state index in [1.165, 1.54) is 30.9 Å². The minimum Gasteiger partial charge on any atom is -0.493 e. The van der Waals surface area contributed by atoms with Gasteiger partial charge in [0.25, 0.3) is 0 Å². The van der Waals surface area contributed by atoms with Gasteiger partial charge in [0.15, 0.2) is 11.5 Å². The summed E-state index contributed by atoms with van der Waals surface area (Å²) in [7, 11) is 2.86. The van der Waals surface area contributed by atoms with Crippen LogP contribution in [-0.4, -0.2) is 41.8 Å². The van der Waals surface area contributed by atoms with Gasteiger partial charge in [-0.1, -0.05) is 52.9 Å². The monoisotopic (exact) mass is 689 g/mol. The molecule has 0 saturated carbocycles. The molecular weight excluding hydrogens is 667 g/mol. The number of amides is 3. The molecule has 0 aliphatic carbocycles. The quantitative estimate of drug-likeness (QED) is 0.236. The van der Waals surface area contributed by atoms with Gasteiger partial charge in [0.1, 0.15) is 11.8 Å². The molecule has 3 unspecified atom stereocenters. The van der Waals surface area contributed by atoms with Crippen LogP contribution in [0, 0.1) is 5.92 Å². The molecule has 9 nitrogen and oxygen atoms in total. The van der Waals surface area contributed by atoms with Gasteiger partial charge in [-0.3, -0.25) is 23.7 Å². The Labute approximate surface area is 272 Å². The van der Waals surface area contributed by atoms with E-state index in [-0.39, 0.29) is 5.03 Å². The lowest BCUT2D eigenvalue weighted by atomic mass is 9.83. The maximum absolute atomic E-state index is 14.1. The number of fused-ring (bicyclic) bond motifs is 2. The molecule has 1 N–H and O–H groups in total. The number of halogens is 4. The minimum atomic E-state index is -4.84. The van der Waals surface area contributed by atoms with E-state index >= 15 is 0 Å². The summed E-state index contributed by atoms with van der Waals surface area (Å²) in [6, 6.07) is 15.6. The van der Waals surface area contributed by atoms with Gasteiger partial charge >= 0.3 is 11.0 Å². The second-order valence-corrected chi connectivity index (χ2v) is 12.9. The highest BCUT2D eigenvalue weighted by atomic mass is 35.5. The number of aromatic nitrogens is 1. The molecule has 2 aliphatic heterocycles. The van der Waals surface area contributed by atoms with Crippen molar-refractivity contribution in [2.24, 2.45) is 5.92 Å². The van der Waals surface area contributed by atoms with Gasteiger partial charge in [-0.15, -0.1) is 0 Å². The normalized spacial score (nSPS) is 19.1. The van der Waals surface area contributed by atoms with E-state index in [1.54, 1.807) is 42.5 Å². The van der Waals surface area contributed by atoms with E-state index in [2.05, 4.69) is 5.32 Å². The molecule has 2 aliphatic rings. The molecule has 46 heavy (non-hydrogen) atoms. The van der Waals surface area contributed by atoms with Crippen molar-refractivity contribution in [1.82, 2.24) is 4.57 Å². The number of hydrogen-bond acceptors (Lipinski definition) is 8.